The van der Waals surface area contributed by atoms with Gasteiger partial charge in [0.1, 0.15) is 6.04 Å². The van der Waals surface area contributed by atoms with Crippen molar-refractivity contribution in [3.8, 4) is 11.3 Å². The molecule has 1 atom stereocenters. The van der Waals surface area contributed by atoms with E-state index in [2.05, 4.69) is 36.3 Å². The van der Waals surface area contributed by atoms with E-state index >= 15 is 0 Å². The number of amides is 1. The predicted molar refractivity (Wildman–Crippen MR) is 85.5 cm³/mol. The molecule has 2 aromatic rings. The topological polar surface area (TPSA) is 77.2 Å². The molecular formula is C15H19N3O2S. The van der Waals surface area contributed by atoms with Gasteiger partial charge in [0.25, 0.3) is 0 Å². The lowest BCUT2D eigenvalue weighted by atomic mass is 10.1. The average Bonchev–Trinajstić information content (AvgIpc) is 2.90. The predicted octanol–water partition coefficient (Wildman–Crippen LogP) is 2.34. The van der Waals surface area contributed by atoms with Crippen LogP contribution in [0.1, 0.15) is 11.1 Å². The van der Waals surface area contributed by atoms with Crippen molar-refractivity contribution in [2.24, 2.45) is 5.73 Å². The Labute approximate surface area is 128 Å². The second-order valence-corrected chi connectivity index (χ2v) is 5.75. The van der Waals surface area contributed by atoms with E-state index < -0.39 is 6.04 Å². The molecule has 1 heterocycles. The van der Waals surface area contributed by atoms with Crippen molar-refractivity contribution in [1.82, 2.24) is 4.98 Å². The number of benzene rings is 1. The number of nitrogens with two attached hydrogens (primary N) is 1. The van der Waals surface area contributed by atoms with Crippen molar-refractivity contribution in [3.63, 3.8) is 0 Å². The SMILES string of the molecule is COCC(N)C(=O)Nc1nc(-c2ccc(C)c(C)c2)cs1. The standard InChI is InChI=1S/C15H19N3O2S/c1-9-4-5-11(6-10(9)2)13-8-21-15(17-13)18-14(19)12(16)7-20-3/h4-6,8,12H,7,16H2,1-3H3,(H,17,18,19). The van der Waals surface area contributed by atoms with Crippen molar-refractivity contribution in [2.45, 2.75) is 19.9 Å². The summed E-state index contributed by atoms with van der Waals surface area (Å²) in [5, 5.41) is 5.17. The zero-order valence-corrected chi connectivity index (χ0v) is 13.2. The summed E-state index contributed by atoms with van der Waals surface area (Å²) in [6.07, 6.45) is 0. The third kappa shape index (κ3) is 3.87. The van der Waals surface area contributed by atoms with Gasteiger partial charge < -0.3 is 15.8 Å². The second-order valence-electron chi connectivity index (χ2n) is 4.89. The van der Waals surface area contributed by atoms with Crippen LogP contribution in [0.5, 0.6) is 0 Å². The molecule has 0 fully saturated rings. The second kappa shape index (κ2) is 6.80. The highest BCUT2D eigenvalue weighted by molar-refractivity contribution is 7.14. The van der Waals surface area contributed by atoms with Gasteiger partial charge in [0.15, 0.2) is 5.13 Å². The Morgan fingerprint density at radius 1 is 1.43 bits per heavy atom. The molecule has 0 aliphatic rings. The molecule has 1 unspecified atom stereocenters. The molecule has 0 bridgehead atoms. The Bertz CT molecular complexity index is 640. The van der Waals surface area contributed by atoms with Crippen molar-refractivity contribution < 1.29 is 9.53 Å². The molecule has 0 spiro atoms. The van der Waals surface area contributed by atoms with Crippen LogP contribution in [-0.2, 0) is 9.53 Å². The smallest absolute Gasteiger partial charge is 0.245 e. The number of carbonyl (C=O) groups excluding carboxylic acids is 1. The molecule has 1 aromatic heterocycles. The molecule has 0 saturated carbocycles. The van der Waals surface area contributed by atoms with Crippen LogP contribution in [0.2, 0.25) is 0 Å². The van der Waals surface area contributed by atoms with Crippen LogP contribution in [0.15, 0.2) is 23.6 Å². The van der Waals surface area contributed by atoms with Crippen LogP contribution < -0.4 is 11.1 Å². The molecule has 5 nitrogen and oxygen atoms in total. The fourth-order valence-corrected chi connectivity index (χ4v) is 2.54. The van der Waals surface area contributed by atoms with E-state index in [4.69, 9.17) is 10.5 Å². The summed E-state index contributed by atoms with van der Waals surface area (Å²) in [6.45, 7) is 4.32. The number of aryl methyl sites for hydroxylation is 2. The van der Waals surface area contributed by atoms with Gasteiger partial charge in [0.2, 0.25) is 5.91 Å². The summed E-state index contributed by atoms with van der Waals surface area (Å²) >= 11 is 1.38. The van der Waals surface area contributed by atoms with Gasteiger partial charge in [-0.1, -0.05) is 12.1 Å². The minimum Gasteiger partial charge on any atom is -0.383 e. The number of thiazole rings is 1. The lowest BCUT2D eigenvalue weighted by molar-refractivity contribution is -0.118. The zero-order chi connectivity index (χ0) is 15.4. The molecular weight excluding hydrogens is 286 g/mol. The molecule has 112 valence electrons. The van der Waals surface area contributed by atoms with Gasteiger partial charge in [-0.2, -0.15) is 0 Å². The highest BCUT2D eigenvalue weighted by atomic mass is 32.1. The van der Waals surface area contributed by atoms with E-state index in [1.165, 1.54) is 29.6 Å². The Kier molecular flexibility index (Phi) is 5.06. The van der Waals surface area contributed by atoms with Crippen molar-refractivity contribution in [2.75, 3.05) is 19.0 Å². The fraction of sp³-hybridized carbons (Fsp3) is 0.333. The van der Waals surface area contributed by atoms with Crippen LogP contribution in [0.25, 0.3) is 11.3 Å². The Morgan fingerprint density at radius 2 is 2.19 bits per heavy atom. The van der Waals surface area contributed by atoms with Gasteiger partial charge in [-0.25, -0.2) is 4.98 Å². The van der Waals surface area contributed by atoms with E-state index in [0.717, 1.165) is 11.3 Å². The summed E-state index contributed by atoms with van der Waals surface area (Å²) in [5.41, 5.74) is 10.0. The third-order valence-corrected chi connectivity index (χ3v) is 3.98. The molecule has 0 saturated heterocycles. The molecule has 3 N–H and O–H groups in total. The van der Waals surface area contributed by atoms with Crippen LogP contribution in [0.3, 0.4) is 0 Å². The number of hydrogen-bond donors (Lipinski definition) is 2. The highest BCUT2D eigenvalue weighted by Gasteiger charge is 2.15. The lowest BCUT2D eigenvalue weighted by Gasteiger charge is -2.08. The maximum Gasteiger partial charge on any atom is 0.245 e. The van der Waals surface area contributed by atoms with Crippen molar-refractivity contribution >= 4 is 22.4 Å². The summed E-state index contributed by atoms with van der Waals surface area (Å²) in [6, 6.07) is 5.49. The first-order chi connectivity index (χ1) is 10.0. The van der Waals surface area contributed by atoms with E-state index in [9.17, 15) is 4.79 Å². The lowest BCUT2D eigenvalue weighted by Crippen LogP contribution is -2.39. The van der Waals surface area contributed by atoms with Gasteiger partial charge >= 0.3 is 0 Å². The summed E-state index contributed by atoms with van der Waals surface area (Å²) in [4.78, 5) is 16.2. The summed E-state index contributed by atoms with van der Waals surface area (Å²) < 4.78 is 4.86. The molecule has 1 amide bonds. The number of nitrogens with zero attached hydrogens (tertiary/aromatic N) is 1. The monoisotopic (exact) mass is 305 g/mol. The van der Waals surface area contributed by atoms with Crippen LogP contribution in [0.4, 0.5) is 5.13 Å². The Hall–Kier alpha value is -1.76. The number of methoxy groups -OCH3 is 1. The fourth-order valence-electron chi connectivity index (χ4n) is 1.82. The Morgan fingerprint density at radius 3 is 2.86 bits per heavy atom. The third-order valence-electron chi connectivity index (χ3n) is 3.22. The highest BCUT2D eigenvalue weighted by Crippen LogP contribution is 2.26. The minimum absolute atomic E-state index is 0.182. The van der Waals surface area contributed by atoms with E-state index in [1.807, 2.05) is 11.4 Å². The van der Waals surface area contributed by atoms with Gasteiger partial charge in [-0.3, -0.25) is 4.79 Å². The molecule has 0 radical (unpaired) electrons. The van der Waals surface area contributed by atoms with Gasteiger partial charge in [-0.05, 0) is 31.0 Å². The molecule has 1 aromatic carbocycles. The van der Waals surface area contributed by atoms with E-state index in [1.54, 1.807) is 0 Å². The average molecular weight is 305 g/mol. The van der Waals surface area contributed by atoms with Crippen LogP contribution >= 0.6 is 11.3 Å². The van der Waals surface area contributed by atoms with Crippen molar-refractivity contribution in [1.29, 1.82) is 0 Å². The molecule has 21 heavy (non-hydrogen) atoms. The normalized spacial score (nSPS) is 12.2. The minimum atomic E-state index is -0.691. The van der Waals surface area contributed by atoms with Gasteiger partial charge in [0.05, 0.1) is 12.3 Å². The first kappa shape index (κ1) is 15.6. The number of anilines is 1. The van der Waals surface area contributed by atoms with E-state index in [-0.39, 0.29) is 12.5 Å². The van der Waals surface area contributed by atoms with Gasteiger partial charge in [0, 0.05) is 18.1 Å². The number of aromatic nitrogens is 1. The number of rotatable bonds is 5. The molecule has 6 heteroatoms. The number of ether oxygens (including phenoxy) is 1. The molecule has 0 aliphatic heterocycles. The van der Waals surface area contributed by atoms with Crippen LogP contribution in [0, 0.1) is 13.8 Å². The first-order valence-corrected chi connectivity index (χ1v) is 7.47. The largest absolute Gasteiger partial charge is 0.383 e. The number of hydrogen-bond acceptors (Lipinski definition) is 5. The summed E-state index contributed by atoms with van der Waals surface area (Å²) in [5.74, 6) is -0.294. The molecule has 2 rings (SSSR count). The quantitative estimate of drug-likeness (QED) is 0.889. The number of nitrogens with one attached hydrogen (secondary N) is 1. The van der Waals surface area contributed by atoms with Crippen LogP contribution in [-0.4, -0.2) is 30.6 Å². The van der Waals surface area contributed by atoms with Gasteiger partial charge in [-0.15, -0.1) is 11.3 Å². The Balaban J connectivity index is 2.11. The van der Waals surface area contributed by atoms with Crippen molar-refractivity contribution in [3.05, 3.63) is 34.7 Å². The number of carbonyl (C=O) groups is 1. The maximum absolute atomic E-state index is 11.8. The zero-order valence-electron chi connectivity index (χ0n) is 12.3. The first-order valence-electron chi connectivity index (χ1n) is 6.60. The molecule has 0 aliphatic carbocycles. The van der Waals surface area contributed by atoms with E-state index in [0.29, 0.717) is 5.13 Å². The maximum atomic E-state index is 11.8. The summed E-state index contributed by atoms with van der Waals surface area (Å²) in [7, 11) is 1.51.